The van der Waals surface area contributed by atoms with E-state index in [9.17, 15) is 14.4 Å². The molecule has 80 heavy (non-hydrogen) atoms. The Kier molecular flexibility index (Phi) is 62.4. The van der Waals surface area contributed by atoms with Gasteiger partial charge < -0.3 is 14.2 Å². The zero-order valence-corrected chi connectivity index (χ0v) is 51.5. The highest BCUT2D eigenvalue weighted by Gasteiger charge is 2.19. The summed E-state index contributed by atoms with van der Waals surface area (Å²) in [5.74, 6) is -0.925. The molecule has 1 atom stereocenters. The van der Waals surface area contributed by atoms with Gasteiger partial charge in [-0.2, -0.15) is 0 Å². The monoisotopic (exact) mass is 1100 g/mol. The zero-order chi connectivity index (χ0) is 57.8. The van der Waals surface area contributed by atoms with Crippen molar-refractivity contribution in [3.05, 3.63) is 158 Å². The average molecular weight is 1100 g/mol. The van der Waals surface area contributed by atoms with E-state index < -0.39 is 6.10 Å². The molecule has 6 heteroatoms. The van der Waals surface area contributed by atoms with E-state index in [-0.39, 0.29) is 31.1 Å². The average Bonchev–Trinajstić information content (AvgIpc) is 3.46. The molecule has 0 aromatic rings. The van der Waals surface area contributed by atoms with Crippen LogP contribution >= 0.6 is 0 Å². The van der Waals surface area contributed by atoms with Crippen LogP contribution in [0.25, 0.3) is 0 Å². The number of rotatable bonds is 57. The molecule has 0 aliphatic heterocycles. The van der Waals surface area contributed by atoms with Crippen molar-refractivity contribution in [2.45, 2.75) is 277 Å². The second-order valence-corrected chi connectivity index (χ2v) is 20.9. The Hall–Kier alpha value is -4.97. The van der Waals surface area contributed by atoms with E-state index in [1.165, 1.54) is 64.2 Å². The molecule has 0 spiro atoms. The number of hydrogen-bond acceptors (Lipinski definition) is 6. The van der Waals surface area contributed by atoms with Crippen molar-refractivity contribution in [3.8, 4) is 0 Å². The Morgan fingerprint density at radius 2 is 0.487 bits per heavy atom. The van der Waals surface area contributed by atoms with Crippen molar-refractivity contribution in [2.24, 2.45) is 0 Å². The normalized spacial score (nSPS) is 13.2. The SMILES string of the molecule is CC/C=C\C/C=C\C/C=C\C/C=C\C/C=C\C/C=C\C/C=C\C/C=C\CCCCCCCCC(=O)OCC(COC(=O)CCCCCCCCCC)OC(=O)CCCCCCCCC/C=C\C/C=C\C/C=C\C/C=C\C/C=C\CC. The lowest BCUT2D eigenvalue weighted by atomic mass is 10.1. The van der Waals surface area contributed by atoms with Gasteiger partial charge in [-0.15, -0.1) is 0 Å². The molecule has 0 saturated carbocycles. The summed E-state index contributed by atoms with van der Waals surface area (Å²) in [5, 5.41) is 0. The minimum absolute atomic E-state index is 0.0918. The van der Waals surface area contributed by atoms with Gasteiger partial charge in [0.1, 0.15) is 13.2 Å². The van der Waals surface area contributed by atoms with Gasteiger partial charge in [0.05, 0.1) is 0 Å². The Morgan fingerprint density at radius 1 is 0.263 bits per heavy atom. The van der Waals surface area contributed by atoms with Crippen molar-refractivity contribution >= 4 is 17.9 Å². The molecule has 0 heterocycles. The highest BCUT2D eigenvalue weighted by Crippen LogP contribution is 2.14. The van der Waals surface area contributed by atoms with Crippen LogP contribution in [0.3, 0.4) is 0 Å². The number of ether oxygens (including phenoxy) is 3. The van der Waals surface area contributed by atoms with Gasteiger partial charge in [0, 0.05) is 19.3 Å². The Bertz CT molecular complexity index is 1790. The van der Waals surface area contributed by atoms with Crippen LogP contribution < -0.4 is 0 Å². The van der Waals surface area contributed by atoms with Gasteiger partial charge in [0.15, 0.2) is 6.10 Å². The molecule has 0 radical (unpaired) electrons. The number of hydrogen-bond donors (Lipinski definition) is 0. The first-order chi connectivity index (χ1) is 39.5. The summed E-state index contributed by atoms with van der Waals surface area (Å²) in [4.78, 5) is 38.2. The third-order valence-electron chi connectivity index (χ3n) is 13.3. The Labute approximate surface area is 492 Å². The topological polar surface area (TPSA) is 78.9 Å². The van der Waals surface area contributed by atoms with E-state index in [0.29, 0.717) is 19.3 Å². The predicted molar refractivity (Wildman–Crippen MR) is 348 cm³/mol. The molecule has 0 rings (SSSR count). The van der Waals surface area contributed by atoms with Crippen LogP contribution in [0, 0.1) is 0 Å². The molecule has 0 fully saturated rings. The number of allylic oxidation sites excluding steroid dienone is 26. The molecule has 6 nitrogen and oxygen atoms in total. The maximum absolute atomic E-state index is 12.9. The number of carbonyl (C=O) groups excluding carboxylic acids is 3. The lowest BCUT2D eigenvalue weighted by Gasteiger charge is -2.18. The van der Waals surface area contributed by atoms with Crippen LogP contribution in [0.2, 0.25) is 0 Å². The number of carbonyl (C=O) groups is 3. The largest absolute Gasteiger partial charge is 0.462 e. The van der Waals surface area contributed by atoms with Crippen LogP contribution in [0.1, 0.15) is 271 Å². The second-order valence-electron chi connectivity index (χ2n) is 20.9. The summed E-state index contributed by atoms with van der Waals surface area (Å²) >= 11 is 0. The summed E-state index contributed by atoms with van der Waals surface area (Å²) in [5.41, 5.74) is 0. The summed E-state index contributed by atoms with van der Waals surface area (Å²) in [7, 11) is 0. The van der Waals surface area contributed by atoms with E-state index in [1.807, 2.05) is 0 Å². The minimum Gasteiger partial charge on any atom is -0.462 e. The van der Waals surface area contributed by atoms with Gasteiger partial charge in [-0.3, -0.25) is 14.4 Å². The molecule has 0 amide bonds. The standard InChI is InChI=1S/C74H118O6/c1-4-7-10-13-16-19-21-23-25-27-29-31-33-34-35-36-37-38-39-40-42-43-45-47-49-51-53-55-58-61-64-67-73(76)79-70-71(69-78-72(75)66-63-60-57-18-15-12-9-6-3)80-74(77)68-65-62-59-56-54-52-50-48-46-44-41-32-30-28-26-24-22-20-17-14-11-8-5-2/h7-8,10-11,16-17,19-20,23-26,29-32,34-35,37-38,40,42,44-47,71H,4-6,9,12-15,18,21-22,27-28,33,36,39,41,43,48-70H2,1-3H3/b10-7-,11-8-,19-16-,20-17-,25-23-,26-24-,31-29-,32-30-,35-34-,38-37-,42-40-,46-44-,47-45-. The summed E-state index contributed by atoms with van der Waals surface area (Å²) < 4.78 is 16.8. The molecule has 0 aliphatic carbocycles. The second kappa shape index (κ2) is 66.5. The van der Waals surface area contributed by atoms with Gasteiger partial charge in [-0.25, -0.2) is 0 Å². The molecule has 0 N–H and O–H groups in total. The van der Waals surface area contributed by atoms with Crippen LogP contribution in [0.4, 0.5) is 0 Å². The van der Waals surface area contributed by atoms with Crippen LogP contribution in [0.15, 0.2) is 158 Å². The molecular formula is C74H118O6. The first-order valence-electron chi connectivity index (χ1n) is 32.5. The first kappa shape index (κ1) is 75.0. The third kappa shape index (κ3) is 63.9. The van der Waals surface area contributed by atoms with Crippen LogP contribution in [-0.2, 0) is 28.6 Å². The molecule has 0 aliphatic rings. The molecule has 0 bridgehead atoms. The zero-order valence-electron chi connectivity index (χ0n) is 51.5. The minimum atomic E-state index is -0.796. The van der Waals surface area contributed by atoms with E-state index in [4.69, 9.17) is 14.2 Å². The fourth-order valence-corrected chi connectivity index (χ4v) is 8.48. The van der Waals surface area contributed by atoms with Crippen LogP contribution in [0.5, 0.6) is 0 Å². The maximum Gasteiger partial charge on any atom is 0.306 e. The first-order valence-corrected chi connectivity index (χ1v) is 32.5. The quantitative estimate of drug-likeness (QED) is 0.0261. The molecule has 0 saturated heterocycles. The highest BCUT2D eigenvalue weighted by atomic mass is 16.6. The van der Waals surface area contributed by atoms with E-state index >= 15 is 0 Å². The van der Waals surface area contributed by atoms with Crippen molar-refractivity contribution in [1.29, 1.82) is 0 Å². The summed E-state index contributed by atoms with van der Waals surface area (Å²) in [6, 6.07) is 0. The molecule has 450 valence electrons. The lowest BCUT2D eigenvalue weighted by Crippen LogP contribution is -2.30. The van der Waals surface area contributed by atoms with Gasteiger partial charge in [-0.1, -0.05) is 281 Å². The molecule has 0 aromatic carbocycles. The Morgan fingerprint density at radius 3 is 0.762 bits per heavy atom. The summed E-state index contributed by atoms with van der Waals surface area (Å²) in [6.45, 7) is 6.36. The van der Waals surface area contributed by atoms with Gasteiger partial charge in [-0.05, 0) is 128 Å². The number of esters is 3. The fraction of sp³-hybridized carbons (Fsp3) is 0.608. The summed E-state index contributed by atoms with van der Waals surface area (Å²) in [6.07, 6.45) is 96.9. The van der Waals surface area contributed by atoms with Crippen molar-refractivity contribution < 1.29 is 28.6 Å². The molecule has 1 unspecified atom stereocenters. The highest BCUT2D eigenvalue weighted by molar-refractivity contribution is 5.71. The van der Waals surface area contributed by atoms with Crippen LogP contribution in [-0.4, -0.2) is 37.2 Å². The van der Waals surface area contributed by atoms with Crippen molar-refractivity contribution in [3.63, 3.8) is 0 Å². The van der Waals surface area contributed by atoms with Crippen molar-refractivity contribution in [2.75, 3.05) is 13.2 Å². The number of unbranched alkanes of at least 4 members (excludes halogenated alkanes) is 20. The maximum atomic E-state index is 12.9. The van der Waals surface area contributed by atoms with E-state index in [1.54, 1.807) is 0 Å². The van der Waals surface area contributed by atoms with Gasteiger partial charge >= 0.3 is 17.9 Å². The smallest absolute Gasteiger partial charge is 0.306 e. The molecule has 0 aromatic heterocycles. The third-order valence-corrected chi connectivity index (χ3v) is 13.3. The molecular weight excluding hydrogens is 985 g/mol. The van der Waals surface area contributed by atoms with Gasteiger partial charge in [0.2, 0.25) is 0 Å². The fourth-order valence-electron chi connectivity index (χ4n) is 8.48. The van der Waals surface area contributed by atoms with E-state index in [2.05, 4.69) is 179 Å². The predicted octanol–water partition coefficient (Wildman–Crippen LogP) is 22.5. The Balaban J connectivity index is 4.27. The van der Waals surface area contributed by atoms with E-state index in [0.717, 1.165) is 167 Å². The lowest BCUT2D eigenvalue weighted by molar-refractivity contribution is -0.167. The van der Waals surface area contributed by atoms with Crippen molar-refractivity contribution in [1.82, 2.24) is 0 Å². The van der Waals surface area contributed by atoms with Gasteiger partial charge in [0.25, 0.3) is 0 Å².